The quantitative estimate of drug-likeness (QED) is 0.721. The van der Waals surface area contributed by atoms with Crippen LogP contribution in [-0.4, -0.2) is 4.98 Å². The van der Waals surface area contributed by atoms with Crippen molar-refractivity contribution in [2.45, 2.75) is 27.0 Å². The second-order valence-electron chi connectivity index (χ2n) is 4.89. The smallest absolute Gasteiger partial charge is 0.293 e. The first-order valence-electron chi connectivity index (χ1n) is 6.97. The van der Waals surface area contributed by atoms with Gasteiger partial charge in [0.05, 0.1) is 6.54 Å². The number of nitrogens with one attached hydrogen (secondary N) is 1. The largest absolute Gasteiger partial charge is 0.481 e. The van der Waals surface area contributed by atoms with Gasteiger partial charge in [0.25, 0.3) is 5.82 Å². The molecule has 0 spiro atoms. The van der Waals surface area contributed by atoms with E-state index in [0.29, 0.717) is 6.61 Å². The Morgan fingerprint density at radius 3 is 2.60 bits per heavy atom. The van der Waals surface area contributed by atoms with Gasteiger partial charge in [-0.3, -0.25) is 0 Å². The number of ether oxygens (including phenoxy) is 1. The molecule has 1 N–H and O–H groups in total. The zero-order valence-corrected chi connectivity index (χ0v) is 11.9. The average Bonchev–Trinajstić information content (AvgIpc) is 2.84. The molecule has 0 aliphatic heterocycles. The van der Waals surface area contributed by atoms with E-state index in [9.17, 15) is 0 Å². The Balaban J connectivity index is 1.89. The molecule has 0 aliphatic carbocycles. The van der Waals surface area contributed by atoms with Gasteiger partial charge in [-0.25, -0.2) is 9.55 Å². The Morgan fingerprint density at radius 2 is 1.80 bits per heavy atom. The van der Waals surface area contributed by atoms with Gasteiger partial charge in [0.15, 0.2) is 17.6 Å². The Bertz CT molecular complexity index is 731. The Kier molecular flexibility index (Phi) is 3.42. The van der Waals surface area contributed by atoms with Crippen molar-refractivity contribution in [3.05, 3.63) is 59.9 Å². The topological polar surface area (TPSA) is 28.9 Å². The van der Waals surface area contributed by atoms with Crippen molar-refractivity contribution in [2.75, 3.05) is 0 Å². The van der Waals surface area contributed by atoms with E-state index in [2.05, 4.69) is 47.7 Å². The highest BCUT2D eigenvalue weighted by Crippen LogP contribution is 2.17. The van der Waals surface area contributed by atoms with E-state index in [1.54, 1.807) is 0 Å². The lowest BCUT2D eigenvalue weighted by Crippen LogP contribution is -2.36. The van der Waals surface area contributed by atoms with Gasteiger partial charge in [-0.15, -0.1) is 0 Å². The van der Waals surface area contributed by atoms with E-state index in [0.717, 1.165) is 29.2 Å². The van der Waals surface area contributed by atoms with Crippen LogP contribution in [0.2, 0.25) is 0 Å². The lowest BCUT2D eigenvalue weighted by atomic mass is 10.2. The van der Waals surface area contributed by atoms with Crippen LogP contribution in [-0.2, 0) is 13.2 Å². The summed E-state index contributed by atoms with van der Waals surface area (Å²) < 4.78 is 8.20. The molecule has 102 valence electrons. The molecule has 0 amide bonds. The van der Waals surface area contributed by atoms with Crippen LogP contribution in [0.3, 0.4) is 0 Å². The zero-order valence-electron chi connectivity index (χ0n) is 11.9. The summed E-state index contributed by atoms with van der Waals surface area (Å²) in [6.07, 6.45) is 0. The molecule has 1 aromatic heterocycles. The number of H-pyrrole nitrogens is 1. The third-order valence-electron chi connectivity index (χ3n) is 3.57. The normalized spacial score (nSPS) is 10.9. The van der Waals surface area contributed by atoms with E-state index >= 15 is 0 Å². The van der Waals surface area contributed by atoms with Gasteiger partial charge in [-0.2, -0.15) is 0 Å². The molecular formula is C17H19N2O+. The van der Waals surface area contributed by atoms with Gasteiger partial charge in [0, 0.05) is 0 Å². The number of aryl methyl sites for hydroxylation is 2. The number of nitrogens with zero attached hydrogens (tertiary/aromatic N) is 1. The van der Waals surface area contributed by atoms with Crippen molar-refractivity contribution in [1.29, 1.82) is 0 Å². The summed E-state index contributed by atoms with van der Waals surface area (Å²) in [6, 6.07) is 16.4. The number of rotatable bonds is 4. The molecule has 0 bridgehead atoms. The van der Waals surface area contributed by atoms with Crippen LogP contribution in [0.5, 0.6) is 5.75 Å². The molecule has 0 atom stereocenters. The van der Waals surface area contributed by atoms with E-state index < -0.39 is 0 Å². The highest BCUT2D eigenvalue weighted by atomic mass is 16.5. The molecule has 0 saturated carbocycles. The molecule has 0 fully saturated rings. The molecule has 3 nitrogen and oxygen atoms in total. The molecule has 20 heavy (non-hydrogen) atoms. The van der Waals surface area contributed by atoms with Crippen molar-refractivity contribution in [3.8, 4) is 5.75 Å². The molecule has 2 aromatic carbocycles. The Labute approximate surface area is 118 Å². The Hall–Kier alpha value is -2.29. The van der Waals surface area contributed by atoms with Gasteiger partial charge in [-0.05, 0) is 37.6 Å². The number of para-hydroxylation sites is 3. The summed E-state index contributed by atoms with van der Waals surface area (Å²) in [5.74, 6) is 2.03. The Morgan fingerprint density at radius 1 is 1.05 bits per heavy atom. The van der Waals surface area contributed by atoms with Crippen molar-refractivity contribution in [3.63, 3.8) is 0 Å². The molecule has 0 aliphatic rings. The summed E-state index contributed by atoms with van der Waals surface area (Å²) in [5.41, 5.74) is 3.53. The number of imidazole rings is 1. The summed E-state index contributed by atoms with van der Waals surface area (Å²) >= 11 is 0. The monoisotopic (exact) mass is 267 g/mol. The molecule has 1 heterocycles. The maximum absolute atomic E-state index is 5.94. The summed E-state index contributed by atoms with van der Waals surface area (Å²) in [7, 11) is 0. The highest BCUT2D eigenvalue weighted by Gasteiger charge is 2.17. The predicted octanol–water partition coefficient (Wildman–Crippen LogP) is 3.36. The standard InChI is InChI=1S/C17H18N2O/c1-3-19-15-10-6-5-9-14(15)18-17(19)12-20-16-11-7-4-8-13(16)2/h4-11H,3,12H2,1-2H3/p+1. The second-order valence-corrected chi connectivity index (χ2v) is 4.89. The maximum Gasteiger partial charge on any atom is 0.293 e. The van der Waals surface area contributed by atoms with Gasteiger partial charge in [0.1, 0.15) is 5.75 Å². The van der Waals surface area contributed by atoms with Gasteiger partial charge in [0.2, 0.25) is 0 Å². The van der Waals surface area contributed by atoms with E-state index in [1.165, 1.54) is 5.52 Å². The number of aromatic amines is 1. The third kappa shape index (κ3) is 2.27. The molecule has 0 unspecified atom stereocenters. The fourth-order valence-corrected chi connectivity index (χ4v) is 2.52. The van der Waals surface area contributed by atoms with Crippen LogP contribution >= 0.6 is 0 Å². The fraction of sp³-hybridized carbons (Fsp3) is 0.235. The van der Waals surface area contributed by atoms with Crippen LogP contribution in [0.25, 0.3) is 11.0 Å². The van der Waals surface area contributed by atoms with E-state index in [-0.39, 0.29) is 0 Å². The number of fused-ring (bicyclic) bond motifs is 1. The zero-order chi connectivity index (χ0) is 13.9. The van der Waals surface area contributed by atoms with Crippen LogP contribution in [0, 0.1) is 6.92 Å². The first-order valence-corrected chi connectivity index (χ1v) is 6.97. The predicted molar refractivity (Wildman–Crippen MR) is 79.7 cm³/mol. The molecular weight excluding hydrogens is 248 g/mol. The second kappa shape index (κ2) is 5.37. The van der Waals surface area contributed by atoms with Crippen molar-refractivity contribution >= 4 is 11.0 Å². The minimum Gasteiger partial charge on any atom is -0.481 e. The highest BCUT2D eigenvalue weighted by molar-refractivity contribution is 5.70. The van der Waals surface area contributed by atoms with Crippen LogP contribution in [0.1, 0.15) is 18.3 Å². The summed E-state index contributed by atoms with van der Waals surface area (Å²) in [6.45, 7) is 5.69. The fourth-order valence-electron chi connectivity index (χ4n) is 2.52. The third-order valence-corrected chi connectivity index (χ3v) is 3.57. The average molecular weight is 267 g/mol. The minimum atomic E-state index is 0.549. The SMILES string of the molecule is CC[n+]1c(COc2ccccc2C)[nH]c2ccccc21. The molecule has 0 saturated heterocycles. The first-order chi connectivity index (χ1) is 9.79. The van der Waals surface area contributed by atoms with Crippen LogP contribution in [0.15, 0.2) is 48.5 Å². The van der Waals surface area contributed by atoms with Gasteiger partial charge >= 0.3 is 0 Å². The van der Waals surface area contributed by atoms with Gasteiger partial charge in [-0.1, -0.05) is 30.3 Å². The number of hydrogen-bond acceptors (Lipinski definition) is 1. The molecule has 3 rings (SSSR count). The van der Waals surface area contributed by atoms with Gasteiger partial charge < -0.3 is 4.74 Å². The summed E-state index contributed by atoms with van der Waals surface area (Å²) in [4.78, 5) is 3.44. The lowest BCUT2D eigenvalue weighted by Gasteiger charge is -2.06. The molecule has 0 radical (unpaired) electrons. The molecule has 3 heteroatoms. The van der Waals surface area contributed by atoms with E-state index in [4.69, 9.17) is 4.74 Å². The number of aromatic nitrogens is 2. The lowest BCUT2D eigenvalue weighted by molar-refractivity contribution is -0.676. The summed E-state index contributed by atoms with van der Waals surface area (Å²) in [5, 5.41) is 0. The first kappa shape index (κ1) is 12.7. The van der Waals surface area contributed by atoms with Crippen LogP contribution in [0.4, 0.5) is 0 Å². The maximum atomic E-state index is 5.94. The van der Waals surface area contributed by atoms with Crippen molar-refractivity contribution in [1.82, 2.24) is 4.98 Å². The molecule has 3 aromatic rings. The number of benzene rings is 2. The van der Waals surface area contributed by atoms with Crippen molar-refractivity contribution < 1.29 is 9.30 Å². The van der Waals surface area contributed by atoms with Crippen LogP contribution < -0.4 is 9.30 Å². The van der Waals surface area contributed by atoms with E-state index in [1.807, 2.05) is 24.3 Å². The number of hydrogen-bond donors (Lipinski definition) is 1. The minimum absolute atomic E-state index is 0.549. The van der Waals surface area contributed by atoms with Crippen molar-refractivity contribution in [2.24, 2.45) is 0 Å².